The minimum atomic E-state index is -1.62. The number of carbonyl (C=O) groups is 2. The molecule has 0 aliphatic carbocycles. The second-order valence-corrected chi connectivity index (χ2v) is 19.3. The molecule has 400 valence electrons. The lowest BCUT2D eigenvalue weighted by molar-refractivity contribution is -0.305. The first-order valence-corrected chi connectivity index (χ1v) is 28.1. The van der Waals surface area contributed by atoms with Crippen molar-refractivity contribution in [1.82, 2.24) is 5.32 Å². The summed E-state index contributed by atoms with van der Waals surface area (Å²) in [5.41, 5.74) is 0. The third-order valence-corrected chi connectivity index (χ3v) is 12.9. The standard InChI is InChI=1S/C58H103NO10/c1-4-7-10-13-16-19-22-25-27-30-33-36-39-42-45-51(62)57(66)59-49(50(61)44-41-38-35-32-29-24-21-18-15-12-9-6-3)48-67-58-56(55(65)54(64)52(47-60)68-58)69-53(63)46-43-40-37-34-31-28-26-23-20-17-14-11-8-5-2/h8,11,16-17,19-20,22,25,41,44,49-52,54-56,58,60-62,64-65H,4-7,9-10,12-15,18,21,23-24,26-40,42-43,45-48H2,1-3H3,(H,59,66)/b11-8+,19-16+,20-17+,25-22+,44-41+. The summed E-state index contributed by atoms with van der Waals surface area (Å²) in [5.74, 6) is -1.22. The van der Waals surface area contributed by atoms with Crippen molar-refractivity contribution in [3.63, 3.8) is 0 Å². The quantitative estimate of drug-likeness (QED) is 0.0149. The van der Waals surface area contributed by atoms with E-state index in [1.165, 1.54) is 83.5 Å². The molecule has 0 bridgehead atoms. The van der Waals surface area contributed by atoms with Crippen molar-refractivity contribution in [2.45, 2.75) is 282 Å². The Hall–Kier alpha value is -2.64. The van der Waals surface area contributed by atoms with Gasteiger partial charge in [-0.05, 0) is 77.0 Å². The number of rotatable bonds is 46. The van der Waals surface area contributed by atoms with Gasteiger partial charge in [0.05, 0.1) is 25.4 Å². The molecule has 0 aromatic heterocycles. The van der Waals surface area contributed by atoms with Gasteiger partial charge in [-0.25, -0.2) is 0 Å². The number of unbranched alkanes of at least 4 members (excludes halogenated alkanes) is 25. The Balaban J connectivity index is 2.76. The summed E-state index contributed by atoms with van der Waals surface area (Å²) in [7, 11) is 0. The number of carbonyl (C=O) groups excluding carboxylic acids is 2. The van der Waals surface area contributed by atoms with E-state index >= 15 is 0 Å². The van der Waals surface area contributed by atoms with Crippen molar-refractivity contribution >= 4 is 11.9 Å². The molecule has 0 aromatic rings. The Bertz CT molecular complexity index is 1350. The van der Waals surface area contributed by atoms with E-state index < -0.39 is 67.4 Å². The Morgan fingerprint density at radius 1 is 0.594 bits per heavy atom. The number of amides is 1. The molecule has 11 heteroatoms. The van der Waals surface area contributed by atoms with E-state index in [1.807, 2.05) is 6.08 Å². The normalized spacial score (nSPS) is 20.3. The van der Waals surface area contributed by atoms with Crippen LogP contribution in [0.15, 0.2) is 60.8 Å². The molecular formula is C58H103NO10. The summed E-state index contributed by atoms with van der Waals surface area (Å²) in [6.07, 6.45) is 45.5. The van der Waals surface area contributed by atoms with E-state index in [-0.39, 0.29) is 19.4 Å². The van der Waals surface area contributed by atoms with E-state index in [0.29, 0.717) is 12.8 Å². The first-order chi connectivity index (χ1) is 33.7. The van der Waals surface area contributed by atoms with Crippen molar-refractivity contribution in [3.8, 4) is 0 Å². The van der Waals surface area contributed by atoms with Gasteiger partial charge in [0, 0.05) is 6.42 Å². The van der Waals surface area contributed by atoms with Gasteiger partial charge >= 0.3 is 5.97 Å². The van der Waals surface area contributed by atoms with E-state index in [0.717, 1.165) is 103 Å². The summed E-state index contributed by atoms with van der Waals surface area (Å²) in [6.45, 7) is 5.62. The number of aliphatic hydroxyl groups is 5. The topological polar surface area (TPSA) is 175 Å². The molecule has 6 N–H and O–H groups in total. The van der Waals surface area contributed by atoms with Crippen molar-refractivity contribution in [3.05, 3.63) is 60.8 Å². The maximum absolute atomic E-state index is 13.4. The molecule has 1 amide bonds. The second kappa shape index (κ2) is 46.4. The van der Waals surface area contributed by atoms with Crippen LogP contribution in [0.4, 0.5) is 0 Å². The Kier molecular flexibility index (Phi) is 43.3. The van der Waals surface area contributed by atoms with Crippen LogP contribution >= 0.6 is 0 Å². The summed E-state index contributed by atoms with van der Waals surface area (Å²) in [6, 6.07) is -1.03. The predicted molar refractivity (Wildman–Crippen MR) is 283 cm³/mol. The average molecular weight is 974 g/mol. The molecule has 69 heavy (non-hydrogen) atoms. The minimum Gasteiger partial charge on any atom is -0.454 e. The highest BCUT2D eigenvalue weighted by molar-refractivity contribution is 5.80. The van der Waals surface area contributed by atoms with Crippen LogP contribution in [0.1, 0.15) is 233 Å². The number of allylic oxidation sites excluding steroid dienone is 9. The molecule has 1 saturated heterocycles. The van der Waals surface area contributed by atoms with Gasteiger partial charge in [-0.1, -0.05) is 210 Å². The lowest BCUT2D eigenvalue weighted by Gasteiger charge is -2.41. The molecule has 1 heterocycles. The van der Waals surface area contributed by atoms with Gasteiger partial charge in [0.15, 0.2) is 12.4 Å². The van der Waals surface area contributed by atoms with Crippen molar-refractivity contribution in [1.29, 1.82) is 0 Å². The maximum atomic E-state index is 13.4. The zero-order valence-electron chi connectivity index (χ0n) is 43.9. The van der Waals surface area contributed by atoms with E-state index in [1.54, 1.807) is 6.08 Å². The van der Waals surface area contributed by atoms with Gasteiger partial charge in [-0.3, -0.25) is 9.59 Å². The summed E-state index contributed by atoms with van der Waals surface area (Å²) in [5, 5.41) is 56.7. The molecule has 0 aromatic carbocycles. The molecule has 11 nitrogen and oxygen atoms in total. The first kappa shape index (κ1) is 64.4. The fraction of sp³-hybridized carbons (Fsp3) is 0.793. The maximum Gasteiger partial charge on any atom is 0.306 e. The number of nitrogens with one attached hydrogen (secondary N) is 1. The molecule has 0 spiro atoms. The third kappa shape index (κ3) is 35.2. The number of ether oxygens (including phenoxy) is 3. The second-order valence-electron chi connectivity index (χ2n) is 19.3. The largest absolute Gasteiger partial charge is 0.454 e. The van der Waals surface area contributed by atoms with Gasteiger partial charge in [0.25, 0.3) is 0 Å². The molecule has 0 saturated carbocycles. The van der Waals surface area contributed by atoms with Crippen LogP contribution in [-0.2, 0) is 23.8 Å². The highest BCUT2D eigenvalue weighted by Crippen LogP contribution is 2.26. The number of hydrogen-bond acceptors (Lipinski definition) is 10. The van der Waals surface area contributed by atoms with Crippen LogP contribution < -0.4 is 5.32 Å². The minimum absolute atomic E-state index is 0.111. The van der Waals surface area contributed by atoms with Crippen molar-refractivity contribution < 1.29 is 49.3 Å². The van der Waals surface area contributed by atoms with E-state index in [9.17, 15) is 35.1 Å². The van der Waals surface area contributed by atoms with Crippen LogP contribution in [0.2, 0.25) is 0 Å². The van der Waals surface area contributed by atoms with Crippen LogP contribution in [0.3, 0.4) is 0 Å². The summed E-state index contributed by atoms with van der Waals surface area (Å²) in [4.78, 5) is 26.4. The molecule has 1 rings (SSSR count). The Labute approximate surface area is 420 Å². The highest BCUT2D eigenvalue weighted by atomic mass is 16.7. The van der Waals surface area contributed by atoms with Gasteiger partial charge in [0.1, 0.15) is 24.4 Å². The zero-order chi connectivity index (χ0) is 50.4. The van der Waals surface area contributed by atoms with Crippen LogP contribution in [-0.4, -0.2) is 99.6 Å². The van der Waals surface area contributed by atoms with Gasteiger partial charge < -0.3 is 45.1 Å². The molecule has 8 atom stereocenters. The van der Waals surface area contributed by atoms with Crippen molar-refractivity contribution in [2.75, 3.05) is 13.2 Å². The fourth-order valence-corrected chi connectivity index (χ4v) is 8.44. The average Bonchev–Trinajstić information content (AvgIpc) is 3.34. The smallest absolute Gasteiger partial charge is 0.306 e. The van der Waals surface area contributed by atoms with Gasteiger partial charge in [0.2, 0.25) is 5.91 Å². The number of aliphatic hydroxyl groups excluding tert-OH is 5. The summed E-state index contributed by atoms with van der Waals surface area (Å²) >= 11 is 0. The van der Waals surface area contributed by atoms with E-state index in [4.69, 9.17) is 14.2 Å². The van der Waals surface area contributed by atoms with Gasteiger partial charge in [-0.15, -0.1) is 0 Å². The molecule has 8 unspecified atom stereocenters. The Morgan fingerprint density at radius 3 is 1.67 bits per heavy atom. The zero-order valence-corrected chi connectivity index (χ0v) is 43.9. The molecule has 1 aliphatic heterocycles. The lowest BCUT2D eigenvalue weighted by Crippen LogP contribution is -2.61. The molecular weight excluding hydrogens is 871 g/mol. The van der Waals surface area contributed by atoms with Crippen LogP contribution in [0.25, 0.3) is 0 Å². The third-order valence-electron chi connectivity index (χ3n) is 12.9. The SMILES string of the molecule is CC/C=C/C/C=C/CCCCCCCCCC(=O)OC1C(OCC(NC(=O)C(O)CCCCCCC/C=C/C=C/CCCCC)C(O)/C=C/CCCCCCCCCCCC)OC(CO)C(O)C1O. The number of esters is 1. The fourth-order valence-electron chi connectivity index (χ4n) is 8.44. The molecule has 1 fully saturated rings. The lowest BCUT2D eigenvalue weighted by atomic mass is 9.99. The molecule has 1 aliphatic rings. The van der Waals surface area contributed by atoms with Crippen LogP contribution in [0.5, 0.6) is 0 Å². The van der Waals surface area contributed by atoms with Gasteiger partial charge in [-0.2, -0.15) is 0 Å². The summed E-state index contributed by atoms with van der Waals surface area (Å²) < 4.78 is 17.5. The Morgan fingerprint density at radius 2 is 1.09 bits per heavy atom. The molecule has 0 radical (unpaired) electrons. The monoisotopic (exact) mass is 974 g/mol. The highest BCUT2D eigenvalue weighted by Gasteiger charge is 2.47. The van der Waals surface area contributed by atoms with Crippen LogP contribution in [0, 0.1) is 0 Å². The first-order valence-electron chi connectivity index (χ1n) is 28.1. The predicted octanol–water partition coefficient (Wildman–Crippen LogP) is 12.3. The number of hydrogen-bond donors (Lipinski definition) is 6. The van der Waals surface area contributed by atoms with E-state index in [2.05, 4.69) is 74.7 Å². The van der Waals surface area contributed by atoms with Crippen molar-refractivity contribution in [2.24, 2.45) is 0 Å².